The molecule has 1 aliphatic heterocycles. The van der Waals surface area contributed by atoms with Crippen molar-refractivity contribution in [2.45, 2.75) is 11.2 Å². The number of rotatable bonds is 3. The van der Waals surface area contributed by atoms with E-state index in [1.807, 2.05) is 0 Å². The Morgan fingerprint density at radius 3 is 2.65 bits per heavy atom. The third kappa shape index (κ3) is 2.43. The van der Waals surface area contributed by atoms with Gasteiger partial charge in [0.15, 0.2) is 6.29 Å². The molecule has 1 aliphatic rings. The lowest BCUT2D eigenvalue weighted by Crippen LogP contribution is -2.16. The third-order valence-corrected chi connectivity index (χ3v) is 4.38. The van der Waals surface area contributed by atoms with Crippen molar-refractivity contribution in [2.24, 2.45) is 0 Å². The van der Waals surface area contributed by atoms with Gasteiger partial charge in [-0.3, -0.25) is 4.72 Å². The van der Waals surface area contributed by atoms with Crippen molar-refractivity contribution in [1.29, 1.82) is 0 Å². The average Bonchev–Trinajstić information content (AvgIpc) is 2.80. The topological polar surface area (TPSA) is 75.6 Å². The van der Waals surface area contributed by atoms with Crippen molar-refractivity contribution in [3.8, 4) is 0 Å². The van der Waals surface area contributed by atoms with Gasteiger partial charge in [-0.25, -0.2) is 8.42 Å². The molecular weight excluding hydrogens is 277 g/mol. The lowest BCUT2D eigenvalue weighted by molar-refractivity contribution is -0.00793. The lowest BCUT2D eigenvalue weighted by Gasteiger charge is -2.09. The summed E-state index contributed by atoms with van der Waals surface area (Å²) in [4.78, 5) is 0.195. The van der Waals surface area contributed by atoms with E-state index in [4.69, 9.17) is 4.65 Å². The van der Waals surface area contributed by atoms with Crippen LogP contribution in [-0.4, -0.2) is 21.0 Å². The van der Waals surface area contributed by atoms with E-state index in [1.165, 1.54) is 19.6 Å². The van der Waals surface area contributed by atoms with Crippen LogP contribution in [0.3, 0.4) is 0 Å². The normalized spacial score (nSPS) is 17.4. The summed E-state index contributed by atoms with van der Waals surface area (Å²) in [5, 5.41) is 9.49. The Bertz CT molecular complexity index is 733. The lowest BCUT2D eigenvalue weighted by atomic mass is 9.87. The smallest absolute Gasteiger partial charge is 0.334 e. The van der Waals surface area contributed by atoms with Crippen LogP contribution in [0.25, 0.3) is 0 Å². The van der Waals surface area contributed by atoms with Gasteiger partial charge in [0.2, 0.25) is 0 Å². The van der Waals surface area contributed by atoms with Gasteiger partial charge >= 0.3 is 7.48 Å². The minimum absolute atomic E-state index is 0.195. The SMILES string of the molecule is O=S(=O)(Nc1ccc2c(c1)[B]OC2O)c1ccccc1. The minimum Gasteiger partial charge on any atom is -0.407 e. The molecule has 0 aromatic heterocycles. The summed E-state index contributed by atoms with van der Waals surface area (Å²) in [6.07, 6.45) is -0.982. The Hall–Kier alpha value is -1.83. The van der Waals surface area contributed by atoms with E-state index in [-0.39, 0.29) is 4.90 Å². The number of aliphatic hydroxyl groups excluding tert-OH is 1. The summed E-state index contributed by atoms with van der Waals surface area (Å²) in [7, 11) is -2.21. The van der Waals surface area contributed by atoms with E-state index in [0.717, 1.165) is 0 Å². The second-order valence-corrected chi connectivity index (χ2v) is 6.05. The van der Waals surface area contributed by atoms with Crippen LogP contribution in [0, 0.1) is 0 Å². The van der Waals surface area contributed by atoms with Crippen LogP contribution in [-0.2, 0) is 14.7 Å². The predicted octanol–water partition coefficient (Wildman–Crippen LogP) is 0.753. The van der Waals surface area contributed by atoms with Crippen LogP contribution < -0.4 is 10.2 Å². The summed E-state index contributed by atoms with van der Waals surface area (Å²) >= 11 is 0. The van der Waals surface area contributed by atoms with Gasteiger partial charge in [-0.2, -0.15) is 0 Å². The molecule has 2 N–H and O–H groups in total. The van der Waals surface area contributed by atoms with Gasteiger partial charge in [-0.1, -0.05) is 24.3 Å². The fourth-order valence-electron chi connectivity index (χ4n) is 1.99. The van der Waals surface area contributed by atoms with Gasteiger partial charge in [-0.15, -0.1) is 0 Å². The zero-order chi connectivity index (χ0) is 14.2. The molecule has 101 valence electrons. The van der Waals surface area contributed by atoms with Crippen LogP contribution in [0.5, 0.6) is 0 Å². The molecule has 1 radical (unpaired) electrons. The van der Waals surface area contributed by atoms with E-state index in [0.29, 0.717) is 16.7 Å². The molecule has 0 spiro atoms. The van der Waals surface area contributed by atoms with Crippen LogP contribution in [0.15, 0.2) is 53.4 Å². The standard InChI is InChI=1S/C13H11BNO4S/c16-13-11-7-6-9(8-12(11)14-19-13)15-20(17,18)10-4-2-1-3-5-10/h1-8,13,15-16H. The second kappa shape index (κ2) is 4.94. The van der Waals surface area contributed by atoms with Crippen molar-refractivity contribution in [2.75, 3.05) is 4.72 Å². The van der Waals surface area contributed by atoms with Crippen molar-refractivity contribution in [3.05, 3.63) is 54.1 Å². The maximum atomic E-state index is 12.2. The molecule has 0 fully saturated rings. The molecule has 3 rings (SSSR count). The highest BCUT2D eigenvalue weighted by molar-refractivity contribution is 7.92. The van der Waals surface area contributed by atoms with Crippen molar-refractivity contribution >= 4 is 28.7 Å². The van der Waals surface area contributed by atoms with Gasteiger partial charge in [0.25, 0.3) is 10.0 Å². The molecule has 1 unspecified atom stereocenters. The molecule has 2 aromatic carbocycles. The molecule has 20 heavy (non-hydrogen) atoms. The molecule has 0 bridgehead atoms. The minimum atomic E-state index is -3.61. The zero-order valence-corrected chi connectivity index (χ0v) is 11.2. The first-order chi connectivity index (χ1) is 9.56. The number of fused-ring (bicyclic) bond motifs is 1. The largest absolute Gasteiger partial charge is 0.407 e. The van der Waals surface area contributed by atoms with Gasteiger partial charge < -0.3 is 9.76 Å². The maximum Gasteiger partial charge on any atom is 0.334 e. The highest BCUT2D eigenvalue weighted by atomic mass is 32.2. The van der Waals surface area contributed by atoms with Crippen LogP contribution in [0.2, 0.25) is 0 Å². The molecule has 5 nitrogen and oxygen atoms in total. The Labute approximate surface area is 117 Å². The Balaban J connectivity index is 1.89. The molecule has 2 aromatic rings. The van der Waals surface area contributed by atoms with Gasteiger partial charge in [0.05, 0.1) is 4.90 Å². The molecule has 7 heteroatoms. The highest BCUT2D eigenvalue weighted by Crippen LogP contribution is 2.21. The quantitative estimate of drug-likeness (QED) is 0.817. The van der Waals surface area contributed by atoms with Gasteiger partial charge in [-0.05, 0) is 29.7 Å². The predicted molar refractivity (Wildman–Crippen MR) is 75.1 cm³/mol. The molecule has 0 amide bonds. The van der Waals surface area contributed by atoms with Crippen LogP contribution in [0.1, 0.15) is 11.9 Å². The van der Waals surface area contributed by atoms with E-state index in [9.17, 15) is 13.5 Å². The third-order valence-electron chi connectivity index (χ3n) is 2.98. The first-order valence-electron chi connectivity index (χ1n) is 5.95. The number of sulfonamides is 1. The molecule has 1 atom stereocenters. The van der Waals surface area contributed by atoms with Gasteiger partial charge in [0.1, 0.15) is 0 Å². The molecular formula is C13H11BNO4S. The highest BCUT2D eigenvalue weighted by Gasteiger charge is 2.23. The average molecular weight is 288 g/mol. The number of anilines is 1. The number of aliphatic hydroxyl groups is 1. The Morgan fingerprint density at radius 1 is 1.15 bits per heavy atom. The summed E-state index contributed by atoms with van der Waals surface area (Å²) in [6, 6.07) is 13.0. The van der Waals surface area contributed by atoms with E-state index in [1.54, 1.807) is 36.4 Å². The zero-order valence-electron chi connectivity index (χ0n) is 10.4. The first-order valence-corrected chi connectivity index (χ1v) is 7.43. The first kappa shape index (κ1) is 13.2. The summed E-state index contributed by atoms with van der Waals surface area (Å²) in [5.41, 5.74) is 1.69. The van der Waals surface area contributed by atoms with E-state index >= 15 is 0 Å². The van der Waals surface area contributed by atoms with Crippen LogP contribution in [0.4, 0.5) is 5.69 Å². The van der Waals surface area contributed by atoms with Gasteiger partial charge in [0, 0.05) is 11.3 Å². The fourth-order valence-corrected chi connectivity index (χ4v) is 3.06. The molecule has 0 saturated carbocycles. The molecule has 0 saturated heterocycles. The fraction of sp³-hybridized carbons (Fsp3) is 0.0769. The number of hydrogen-bond donors (Lipinski definition) is 2. The Kier molecular flexibility index (Phi) is 3.25. The van der Waals surface area contributed by atoms with E-state index in [2.05, 4.69) is 4.72 Å². The van der Waals surface area contributed by atoms with E-state index < -0.39 is 16.3 Å². The monoisotopic (exact) mass is 288 g/mol. The maximum absolute atomic E-state index is 12.2. The molecule has 0 aliphatic carbocycles. The van der Waals surface area contributed by atoms with Crippen molar-refractivity contribution in [1.82, 2.24) is 0 Å². The van der Waals surface area contributed by atoms with Crippen molar-refractivity contribution < 1.29 is 18.2 Å². The van der Waals surface area contributed by atoms with Crippen molar-refractivity contribution in [3.63, 3.8) is 0 Å². The second-order valence-electron chi connectivity index (χ2n) is 4.37. The number of benzene rings is 2. The Morgan fingerprint density at radius 2 is 1.90 bits per heavy atom. The summed E-state index contributed by atoms with van der Waals surface area (Å²) in [6.45, 7) is 0. The summed E-state index contributed by atoms with van der Waals surface area (Å²) < 4.78 is 31.8. The summed E-state index contributed by atoms with van der Waals surface area (Å²) in [5.74, 6) is 0. The number of nitrogens with one attached hydrogen (secondary N) is 1. The number of hydrogen-bond acceptors (Lipinski definition) is 4. The van der Waals surface area contributed by atoms with Crippen LogP contribution >= 0.6 is 0 Å². The molecule has 1 heterocycles.